The molecule has 0 aliphatic heterocycles. The van der Waals surface area contributed by atoms with Crippen LogP contribution in [-0.2, 0) is 16.0 Å². The van der Waals surface area contributed by atoms with E-state index >= 15 is 0 Å². The fourth-order valence-electron chi connectivity index (χ4n) is 2.71. The van der Waals surface area contributed by atoms with E-state index in [0.29, 0.717) is 36.1 Å². The molecule has 0 aliphatic rings. The number of halogens is 1. The Labute approximate surface area is 173 Å². The van der Waals surface area contributed by atoms with E-state index in [0.717, 1.165) is 15.6 Å². The Hall–Kier alpha value is -2.54. The van der Waals surface area contributed by atoms with Gasteiger partial charge in [-0.1, -0.05) is 22.0 Å². The molecule has 0 saturated carbocycles. The number of benzene rings is 2. The van der Waals surface area contributed by atoms with E-state index in [1.807, 2.05) is 32.9 Å². The molecule has 6 nitrogen and oxygen atoms in total. The molecule has 0 saturated heterocycles. The number of anilines is 2. The summed E-state index contributed by atoms with van der Waals surface area (Å²) in [7, 11) is 0. The lowest BCUT2D eigenvalue weighted by Crippen LogP contribution is -2.16. The molecule has 0 radical (unpaired) electrons. The quantitative estimate of drug-likeness (QED) is 0.613. The van der Waals surface area contributed by atoms with Gasteiger partial charge < -0.3 is 20.1 Å². The Morgan fingerprint density at radius 2 is 1.57 bits per heavy atom. The van der Waals surface area contributed by atoms with Crippen LogP contribution in [0, 0.1) is 6.92 Å². The molecule has 0 aliphatic carbocycles. The Bertz CT molecular complexity index is 868. The monoisotopic (exact) mass is 448 g/mol. The minimum absolute atomic E-state index is 0.159. The molecule has 0 aromatic heterocycles. The van der Waals surface area contributed by atoms with Crippen LogP contribution in [0.1, 0.15) is 31.9 Å². The average molecular weight is 449 g/mol. The van der Waals surface area contributed by atoms with E-state index in [1.54, 1.807) is 18.2 Å². The predicted molar refractivity (Wildman–Crippen MR) is 114 cm³/mol. The zero-order valence-corrected chi connectivity index (χ0v) is 18.1. The molecule has 0 bridgehead atoms. The van der Waals surface area contributed by atoms with Crippen LogP contribution in [0.5, 0.6) is 11.5 Å². The molecule has 0 spiro atoms. The molecule has 2 N–H and O–H groups in total. The topological polar surface area (TPSA) is 76.7 Å². The van der Waals surface area contributed by atoms with Crippen LogP contribution >= 0.6 is 15.9 Å². The third-order valence-corrected chi connectivity index (χ3v) is 4.72. The van der Waals surface area contributed by atoms with Crippen molar-refractivity contribution in [3.05, 3.63) is 45.9 Å². The van der Waals surface area contributed by atoms with Crippen LogP contribution in [0.4, 0.5) is 11.4 Å². The van der Waals surface area contributed by atoms with E-state index < -0.39 is 0 Å². The van der Waals surface area contributed by atoms with Gasteiger partial charge in [0.2, 0.25) is 11.8 Å². The van der Waals surface area contributed by atoms with Gasteiger partial charge in [0.25, 0.3) is 0 Å². The lowest BCUT2D eigenvalue weighted by Gasteiger charge is -2.15. The second-order valence-electron chi connectivity index (χ2n) is 6.14. The summed E-state index contributed by atoms with van der Waals surface area (Å²) >= 11 is 3.51. The lowest BCUT2D eigenvalue weighted by atomic mass is 10.1. The van der Waals surface area contributed by atoms with Crippen molar-refractivity contribution in [1.29, 1.82) is 0 Å². The first-order chi connectivity index (χ1) is 13.3. The molecular formula is C21H25BrN2O4. The largest absolute Gasteiger partial charge is 0.490 e. The van der Waals surface area contributed by atoms with Gasteiger partial charge in [-0.25, -0.2) is 0 Å². The number of rotatable bonds is 8. The Kier molecular flexibility index (Phi) is 7.87. The first-order valence-corrected chi connectivity index (χ1v) is 9.90. The van der Waals surface area contributed by atoms with Gasteiger partial charge in [0.1, 0.15) is 0 Å². The van der Waals surface area contributed by atoms with Gasteiger partial charge in [-0.2, -0.15) is 0 Å². The Morgan fingerprint density at radius 3 is 2.14 bits per heavy atom. The van der Waals surface area contributed by atoms with Gasteiger partial charge >= 0.3 is 0 Å². The summed E-state index contributed by atoms with van der Waals surface area (Å²) in [4.78, 5) is 23.9. The highest BCUT2D eigenvalue weighted by Gasteiger charge is 2.15. The molecule has 0 heterocycles. The van der Waals surface area contributed by atoms with Crippen LogP contribution in [0.15, 0.2) is 34.8 Å². The molecule has 28 heavy (non-hydrogen) atoms. The van der Waals surface area contributed by atoms with E-state index in [-0.39, 0.29) is 18.2 Å². The number of carbonyl (C=O) groups excluding carboxylic acids is 2. The zero-order chi connectivity index (χ0) is 20.7. The SMILES string of the molecule is CCOc1cc(Br)c(CC(=O)Nc2cccc(NC(C)=O)c2C)cc1OCC. The molecule has 0 fully saturated rings. The predicted octanol–water partition coefficient (Wildman–Crippen LogP) is 4.69. The maximum Gasteiger partial charge on any atom is 0.228 e. The minimum atomic E-state index is -0.171. The second-order valence-corrected chi connectivity index (χ2v) is 6.99. The van der Waals surface area contributed by atoms with Crippen LogP contribution in [0.25, 0.3) is 0 Å². The Morgan fingerprint density at radius 1 is 1.00 bits per heavy atom. The van der Waals surface area contributed by atoms with Gasteiger partial charge in [0, 0.05) is 22.8 Å². The summed E-state index contributed by atoms with van der Waals surface area (Å²) in [5.74, 6) is 0.919. The first kappa shape index (κ1) is 21.8. The number of hydrogen-bond acceptors (Lipinski definition) is 4. The number of amides is 2. The highest BCUT2D eigenvalue weighted by Crippen LogP contribution is 2.34. The van der Waals surface area contributed by atoms with E-state index in [4.69, 9.17) is 9.47 Å². The second kappa shape index (κ2) is 10.1. The lowest BCUT2D eigenvalue weighted by molar-refractivity contribution is -0.116. The molecule has 2 amide bonds. The average Bonchev–Trinajstić information content (AvgIpc) is 2.62. The summed E-state index contributed by atoms with van der Waals surface area (Å²) in [5.41, 5.74) is 2.92. The molecular weight excluding hydrogens is 424 g/mol. The summed E-state index contributed by atoms with van der Waals surface area (Å²) in [5, 5.41) is 5.66. The summed E-state index contributed by atoms with van der Waals surface area (Å²) in [6.07, 6.45) is 0.164. The standard InChI is InChI=1S/C21H25BrN2O4/c1-5-27-19-10-15(16(22)12-20(19)28-6-2)11-21(26)24-18-9-7-8-17(13(18)3)23-14(4)25/h7-10,12H,5-6,11H2,1-4H3,(H,23,25)(H,24,26). The smallest absolute Gasteiger partial charge is 0.228 e. The van der Waals surface area contributed by atoms with Gasteiger partial charge in [-0.05, 0) is 56.2 Å². The normalized spacial score (nSPS) is 10.3. The fraction of sp³-hybridized carbons (Fsp3) is 0.333. The van der Waals surface area contributed by atoms with Gasteiger partial charge in [-0.15, -0.1) is 0 Å². The molecule has 2 rings (SSSR count). The van der Waals surface area contributed by atoms with E-state index in [2.05, 4.69) is 26.6 Å². The third-order valence-electron chi connectivity index (χ3n) is 3.98. The van der Waals surface area contributed by atoms with Crippen LogP contribution in [-0.4, -0.2) is 25.0 Å². The molecule has 150 valence electrons. The van der Waals surface area contributed by atoms with Crippen LogP contribution < -0.4 is 20.1 Å². The van der Waals surface area contributed by atoms with Gasteiger partial charge in [-0.3, -0.25) is 9.59 Å². The molecule has 7 heteroatoms. The van der Waals surface area contributed by atoms with Crippen molar-refractivity contribution in [2.24, 2.45) is 0 Å². The highest BCUT2D eigenvalue weighted by atomic mass is 79.9. The number of nitrogens with one attached hydrogen (secondary N) is 2. The van der Waals surface area contributed by atoms with Gasteiger partial charge in [0.05, 0.1) is 19.6 Å². The van der Waals surface area contributed by atoms with E-state index in [9.17, 15) is 9.59 Å². The minimum Gasteiger partial charge on any atom is -0.490 e. The fourth-order valence-corrected chi connectivity index (χ4v) is 3.18. The molecule has 0 unspecified atom stereocenters. The molecule has 2 aromatic carbocycles. The van der Waals surface area contributed by atoms with Crippen molar-refractivity contribution in [3.8, 4) is 11.5 Å². The Balaban J connectivity index is 2.19. The first-order valence-electron chi connectivity index (χ1n) is 9.10. The van der Waals surface area contributed by atoms with E-state index in [1.165, 1.54) is 6.92 Å². The maximum absolute atomic E-state index is 12.6. The highest BCUT2D eigenvalue weighted by molar-refractivity contribution is 9.10. The van der Waals surface area contributed by atoms with Crippen molar-refractivity contribution in [3.63, 3.8) is 0 Å². The van der Waals surface area contributed by atoms with Crippen molar-refractivity contribution in [2.75, 3.05) is 23.8 Å². The van der Waals surface area contributed by atoms with Crippen molar-refractivity contribution in [1.82, 2.24) is 0 Å². The zero-order valence-electron chi connectivity index (χ0n) is 16.5. The number of carbonyl (C=O) groups is 2. The van der Waals surface area contributed by atoms with Crippen molar-refractivity contribution >= 4 is 39.1 Å². The molecule has 0 atom stereocenters. The number of hydrogen-bond donors (Lipinski definition) is 2. The van der Waals surface area contributed by atoms with Crippen LogP contribution in [0.3, 0.4) is 0 Å². The molecule has 2 aromatic rings. The number of ether oxygens (including phenoxy) is 2. The van der Waals surface area contributed by atoms with Crippen molar-refractivity contribution in [2.45, 2.75) is 34.1 Å². The van der Waals surface area contributed by atoms with Crippen molar-refractivity contribution < 1.29 is 19.1 Å². The van der Waals surface area contributed by atoms with Gasteiger partial charge in [0.15, 0.2) is 11.5 Å². The summed E-state index contributed by atoms with van der Waals surface area (Å²) in [6.45, 7) is 8.13. The summed E-state index contributed by atoms with van der Waals surface area (Å²) < 4.78 is 12.0. The maximum atomic E-state index is 12.6. The van der Waals surface area contributed by atoms with Crippen LogP contribution in [0.2, 0.25) is 0 Å². The summed E-state index contributed by atoms with van der Waals surface area (Å²) in [6, 6.07) is 9.02. The third kappa shape index (κ3) is 5.73.